The molecule has 1 aliphatic rings. The first-order chi connectivity index (χ1) is 17.9. The Hall–Kier alpha value is -3.83. The van der Waals surface area contributed by atoms with Crippen LogP contribution in [0.4, 0.5) is 10.2 Å². The standard InChI is InChI=1S/C26H31FN8O2/c1-2-33(13-18-4-5-20(12-22(18)27)35-9-3-8-31-35)25-21-7-11-34(26(21)30-17-29-25)14-19-6-10-32(15-23(19)36)16-24(28)37/h3-5,7-9,11-12,17,19,23,36H,2,6,10,13-16H2,1H3,(H2,28,37)/t19?,23-/m0/s1. The molecular weight excluding hydrogens is 475 g/mol. The summed E-state index contributed by atoms with van der Waals surface area (Å²) in [6.07, 6.45) is 7.11. The molecule has 194 valence electrons. The number of nitrogens with two attached hydrogens (primary N) is 1. The van der Waals surface area contributed by atoms with E-state index >= 15 is 4.39 Å². The molecule has 1 amide bonds. The fourth-order valence-electron chi connectivity index (χ4n) is 5.04. The second kappa shape index (κ2) is 10.7. The van der Waals surface area contributed by atoms with E-state index in [1.54, 1.807) is 29.2 Å². The van der Waals surface area contributed by atoms with Crippen molar-refractivity contribution in [1.82, 2.24) is 29.2 Å². The van der Waals surface area contributed by atoms with E-state index in [2.05, 4.69) is 15.1 Å². The molecule has 0 spiro atoms. The largest absolute Gasteiger partial charge is 0.391 e. The van der Waals surface area contributed by atoms with Gasteiger partial charge >= 0.3 is 0 Å². The smallest absolute Gasteiger partial charge is 0.231 e. The van der Waals surface area contributed by atoms with Crippen LogP contribution in [-0.4, -0.2) is 72.5 Å². The summed E-state index contributed by atoms with van der Waals surface area (Å²) in [6.45, 7) is 4.88. The molecule has 1 unspecified atom stereocenters. The van der Waals surface area contributed by atoms with Crippen molar-refractivity contribution in [2.75, 3.05) is 31.1 Å². The molecule has 5 rings (SSSR count). The molecule has 1 saturated heterocycles. The van der Waals surface area contributed by atoms with Crippen LogP contribution in [0, 0.1) is 11.7 Å². The first-order valence-electron chi connectivity index (χ1n) is 12.4. The Bertz CT molecular complexity index is 1370. The van der Waals surface area contributed by atoms with E-state index in [1.165, 1.54) is 12.4 Å². The number of carbonyl (C=O) groups excluding carboxylic acids is 1. The lowest BCUT2D eigenvalue weighted by Crippen LogP contribution is -2.47. The van der Waals surface area contributed by atoms with Gasteiger partial charge < -0.3 is 20.3 Å². The molecule has 37 heavy (non-hydrogen) atoms. The lowest BCUT2D eigenvalue weighted by molar-refractivity contribution is -0.120. The van der Waals surface area contributed by atoms with E-state index in [-0.39, 0.29) is 24.2 Å². The van der Waals surface area contributed by atoms with Crippen molar-refractivity contribution in [3.63, 3.8) is 0 Å². The molecule has 3 N–H and O–H groups in total. The van der Waals surface area contributed by atoms with Gasteiger partial charge in [0, 0.05) is 56.3 Å². The minimum absolute atomic E-state index is 0.0304. The second-order valence-electron chi connectivity index (χ2n) is 9.46. The molecule has 2 atom stereocenters. The van der Waals surface area contributed by atoms with Gasteiger partial charge in [-0.15, -0.1) is 0 Å². The highest BCUT2D eigenvalue weighted by molar-refractivity contribution is 5.87. The van der Waals surface area contributed by atoms with Gasteiger partial charge in [-0.25, -0.2) is 19.0 Å². The zero-order valence-electron chi connectivity index (χ0n) is 20.7. The third-order valence-corrected chi connectivity index (χ3v) is 7.00. The minimum atomic E-state index is -0.563. The second-order valence-corrected chi connectivity index (χ2v) is 9.46. The number of piperidine rings is 1. The highest BCUT2D eigenvalue weighted by Crippen LogP contribution is 2.28. The molecule has 10 nitrogen and oxygen atoms in total. The minimum Gasteiger partial charge on any atom is -0.391 e. The van der Waals surface area contributed by atoms with E-state index in [1.807, 2.05) is 39.6 Å². The fourth-order valence-corrected chi connectivity index (χ4v) is 5.04. The number of anilines is 1. The number of likely N-dealkylation sites (tertiary alicyclic amines) is 1. The van der Waals surface area contributed by atoms with Gasteiger partial charge in [0.1, 0.15) is 23.6 Å². The first kappa shape index (κ1) is 24.8. The number of hydrogen-bond donors (Lipinski definition) is 2. The van der Waals surface area contributed by atoms with Crippen molar-refractivity contribution in [1.29, 1.82) is 0 Å². The van der Waals surface area contributed by atoms with Crippen molar-refractivity contribution in [3.05, 3.63) is 66.6 Å². The highest BCUT2D eigenvalue weighted by atomic mass is 19.1. The monoisotopic (exact) mass is 506 g/mol. The number of aromatic nitrogens is 5. The Labute approximate surface area is 214 Å². The number of amides is 1. The predicted molar refractivity (Wildman–Crippen MR) is 138 cm³/mol. The van der Waals surface area contributed by atoms with Gasteiger partial charge in [-0.2, -0.15) is 5.10 Å². The molecule has 11 heteroatoms. The quantitative estimate of drug-likeness (QED) is 0.356. The van der Waals surface area contributed by atoms with E-state index in [0.29, 0.717) is 44.0 Å². The first-order valence-corrected chi connectivity index (χ1v) is 12.4. The Morgan fingerprint density at radius 1 is 1.27 bits per heavy atom. The molecule has 4 aromatic rings. The van der Waals surface area contributed by atoms with Gasteiger partial charge in [0.05, 0.1) is 23.7 Å². The van der Waals surface area contributed by atoms with Gasteiger partial charge in [0.25, 0.3) is 0 Å². The van der Waals surface area contributed by atoms with Crippen molar-refractivity contribution in [2.24, 2.45) is 11.7 Å². The number of benzene rings is 1. The average Bonchev–Trinajstić information content (AvgIpc) is 3.55. The lowest BCUT2D eigenvalue weighted by Gasteiger charge is -2.35. The summed E-state index contributed by atoms with van der Waals surface area (Å²) in [7, 11) is 0. The van der Waals surface area contributed by atoms with Crippen LogP contribution < -0.4 is 10.6 Å². The molecular formula is C26H31FN8O2. The van der Waals surface area contributed by atoms with Crippen molar-refractivity contribution in [3.8, 4) is 5.69 Å². The number of β-amino-alcohol motifs (C(OH)–C–C–N with tert-alkyl or cyclic N) is 1. The summed E-state index contributed by atoms with van der Waals surface area (Å²) < 4.78 is 18.7. The van der Waals surface area contributed by atoms with Gasteiger partial charge in [-0.05, 0) is 44.2 Å². The van der Waals surface area contributed by atoms with Crippen LogP contribution in [-0.2, 0) is 17.9 Å². The summed E-state index contributed by atoms with van der Waals surface area (Å²) in [5.41, 5.74) is 7.30. The van der Waals surface area contributed by atoms with Crippen LogP contribution in [0.5, 0.6) is 0 Å². The average molecular weight is 507 g/mol. The molecule has 1 aliphatic heterocycles. The summed E-state index contributed by atoms with van der Waals surface area (Å²) in [5.74, 6) is 0.0768. The number of rotatable bonds is 9. The maximum absolute atomic E-state index is 15.0. The van der Waals surface area contributed by atoms with Gasteiger partial charge in [0.2, 0.25) is 5.91 Å². The summed E-state index contributed by atoms with van der Waals surface area (Å²) in [6, 6.07) is 8.89. The Morgan fingerprint density at radius 3 is 2.84 bits per heavy atom. The summed E-state index contributed by atoms with van der Waals surface area (Å²) >= 11 is 0. The normalized spacial score (nSPS) is 18.4. The van der Waals surface area contributed by atoms with Crippen molar-refractivity contribution < 1.29 is 14.3 Å². The van der Waals surface area contributed by atoms with Crippen molar-refractivity contribution >= 4 is 22.8 Å². The molecule has 1 aromatic carbocycles. The Morgan fingerprint density at radius 2 is 2.14 bits per heavy atom. The molecule has 4 heterocycles. The third kappa shape index (κ3) is 5.32. The summed E-state index contributed by atoms with van der Waals surface area (Å²) in [5, 5.41) is 15.7. The molecule has 0 saturated carbocycles. The Kier molecular flexibility index (Phi) is 7.15. The van der Waals surface area contributed by atoms with Gasteiger partial charge in [-0.3, -0.25) is 9.69 Å². The number of fused-ring (bicyclic) bond motifs is 1. The van der Waals surface area contributed by atoms with Crippen LogP contribution in [0.25, 0.3) is 16.7 Å². The number of carbonyl (C=O) groups is 1. The van der Waals surface area contributed by atoms with Crippen LogP contribution in [0.1, 0.15) is 18.9 Å². The SMILES string of the molecule is CCN(Cc1ccc(-n2cccn2)cc1F)c1ncnc2c1ccn2CC1CCN(CC(N)=O)C[C@@H]1O. The zero-order chi connectivity index (χ0) is 25.9. The Balaban J connectivity index is 1.33. The number of aliphatic hydroxyl groups is 1. The van der Waals surface area contributed by atoms with E-state index < -0.39 is 6.10 Å². The van der Waals surface area contributed by atoms with E-state index in [0.717, 1.165) is 23.3 Å². The highest BCUT2D eigenvalue weighted by Gasteiger charge is 2.29. The van der Waals surface area contributed by atoms with Crippen LogP contribution in [0.2, 0.25) is 0 Å². The molecule has 1 fully saturated rings. The van der Waals surface area contributed by atoms with Gasteiger partial charge in [0.15, 0.2) is 0 Å². The maximum atomic E-state index is 15.0. The number of aliphatic hydroxyl groups excluding tert-OH is 1. The molecule has 0 bridgehead atoms. The van der Waals surface area contributed by atoms with Crippen molar-refractivity contribution in [2.45, 2.75) is 32.5 Å². The van der Waals surface area contributed by atoms with Crippen LogP contribution in [0.3, 0.4) is 0 Å². The van der Waals surface area contributed by atoms with E-state index in [4.69, 9.17) is 5.73 Å². The number of halogens is 1. The third-order valence-electron chi connectivity index (χ3n) is 7.00. The summed E-state index contributed by atoms with van der Waals surface area (Å²) in [4.78, 5) is 24.2. The zero-order valence-corrected chi connectivity index (χ0v) is 20.7. The van der Waals surface area contributed by atoms with Gasteiger partial charge in [-0.1, -0.05) is 6.07 Å². The number of nitrogens with zero attached hydrogens (tertiary/aromatic N) is 7. The predicted octanol–water partition coefficient (Wildman–Crippen LogP) is 1.95. The molecule has 0 aliphatic carbocycles. The topological polar surface area (TPSA) is 118 Å². The maximum Gasteiger partial charge on any atom is 0.231 e. The fraction of sp³-hybridized carbons (Fsp3) is 0.385. The molecule has 0 radical (unpaired) electrons. The number of primary amides is 1. The lowest BCUT2D eigenvalue weighted by atomic mass is 9.93. The van der Waals surface area contributed by atoms with E-state index in [9.17, 15) is 9.90 Å². The molecule has 3 aromatic heterocycles. The van der Waals surface area contributed by atoms with Crippen LogP contribution >= 0.6 is 0 Å². The van der Waals surface area contributed by atoms with Crippen LogP contribution in [0.15, 0.2) is 55.2 Å². The number of hydrogen-bond acceptors (Lipinski definition) is 7.